The SMILES string of the molecule is CCOC(=O)c1cccc(N2CC(=O)N[C@@H]3CS(=O)(=O)C[C@@H]32)c1. The number of amides is 1. The minimum Gasteiger partial charge on any atom is -0.462 e. The number of anilines is 1. The largest absolute Gasteiger partial charge is 0.462 e. The normalized spacial score (nSPS) is 25.6. The van der Waals surface area contributed by atoms with E-state index in [1.165, 1.54) is 0 Å². The van der Waals surface area contributed by atoms with Crippen molar-refractivity contribution in [3.8, 4) is 0 Å². The maximum Gasteiger partial charge on any atom is 0.338 e. The third-order valence-corrected chi connectivity index (χ3v) is 5.79. The van der Waals surface area contributed by atoms with Crippen LogP contribution in [0.1, 0.15) is 17.3 Å². The number of benzene rings is 1. The summed E-state index contributed by atoms with van der Waals surface area (Å²) in [7, 11) is -3.18. The first-order valence-electron chi connectivity index (χ1n) is 7.43. The van der Waals surface area contributed by atoms with Gasteiger partial charge in [-0.15, -0.1) is 0 Å². The highest BCUT2D eigenvalue weighted by atomic mass is 32.2. The highest BCUT2D eigenvalue weighted by molar-refractivity contribution is 7.91. The fourth-order valence-corrected chi connectivity index (χ4v) is 5.03. The number of sulfone groups is 1. The summed E-state index contributed by atoms with van der Waals surface area (Å²) < 4.78 is 28.8. The highest BCUT2D eigenvalue weighted by Gasteiger charge is 2.45. The number of hydrogen-bond acceptors (Lipinski definition) is 6. The minimum absolute atomic E-state index is 0.00157. The molecule has 0 unspecified atom stereocenters. The molecule has 2 atom stereocenters. The lowest BCUT2D eigenvalue weighted by atomic mass is 10.0. The third-order valence-electron chi connectivity index (χ3n) is 4.07. The van der Waals surface area contributed by atoms with Gasteiger partial charge in [0, 0.05) is 5.69 Å². The molecule has 1 N–H and O–H groups in total. The summed E-state index contributed by atoms with van der Waals surface area (Å²) in [6.45, 7) is 2.08. The van der Waals surface area contributed by atoms with Crippen molar-refractivity contribution in [2.75, 3.05) is 29.6 Å². The van der Waals surface area contributed by atoms with Crippen LogP contribution in [0.5, 0.6) is 0 Å². The predicted molar refractivity (Wildman–Crippen MR) is 84.1 cm³/mol. The molecule has 1 aromatic rings. The van der Waals surface area contributed by atoms with Gasteiger partial charge in [0.2, 0.25) is 5.91 Å². The van der Waals surface area contributed by atoms with Crippen molar-refractivity contribution in [3.05, 3.63) is 29.8 Å². The molecule has 7 nitrogen and oxygen atoms in total. The molecule has 1 amide bonds. The van der Waals surface area contributed by atoms with Gasteiger partial charge < -0.3 is 15.0 Å². The second-order valence-electron chi connectivity index (χ2n) is 5.72. The van der Waals surface area contributed by atoms with Crippen LogP contribution < -0.4 is 10.2 Å². The van der Waals surface area contributed by atoms with Gasteiger partial charge in [0.1, 0.15) is 0 Å². The number of rotatable bonds is 3. The van der Waals surface area contributed by atoms with Gasteiger partial charge in [-0.2, -0.15) is 0 Å². The van der Waals surface area contributed by atoms with Gasteiger partial charge >= 0.3 is 5.97 Å². The van der Waals surface area contributed by atoms with Crippen molar-refractivity contribution >= 4 is 27.4 Å². The predicted octanol–water partition coefficient (Wildman–Crippen LogP) is -0.0349. The summed E-state index contributed by atoms with van der Waals surface area (Å²) in [5, 5.41) is 2.74. The van der Waals surface area contributed by atoms with Gasteiger partial charge in [0.15, 0.2) is 9.84 Å². The van der Waals surface area contributed by atoms with Crippen molar-refractivity contribution in [2.45, 2.75) is 19.0 Å². The quantitative estimate of drug-likeness (QED) is 0.778. The highest BCUT2D eigenvalue weighted by Crippen LogP contribution is 2.28. The molecule has 0 spiro atoms. The first-order valence-corrected chi connectivity index (χ1v) is 9.25. The first-order chi connectivity index (χ1) is 10.9. The van der Waals surface area contributed by atoms with E-state index in [1.807, 2.05) is 0 Å². The Hall–Kier alpha value is -2.09. The number of hydrogen-bond donors (Lipinski definition) is 1. The second kappa shape index (κ2) is 5.84. The van der Waals surface area contributed by atoms with Crippen LogP contribution in [0, 0.1) is 0 Å². The number of fused-ring (bicyclic) bond motifs is 1. The lowest BCUT2D eigenvalue weighted by Gasteiger charge is -2.38. The summed E-state index contributed by atoms with van der Waals surface area (Å²) in [5.74, 6) is -0.699. The van der Waals surface area contributed by atoms with Gasteiger partial charge in [-0.05, 0) is 25.1 Å². The number of nitrogens with one attached hydrogen (secondary N) is 1. The van der Waals surface area contributed by atoms with Crippen LogP contribution >= 0.6 is 0 Å². The van der Waals surface area contributed by atoms with E-state index in [1.54, 1.807) is 36.1 Å². The minimum atomic E-state index is -3.18. The Labute approximate surface area is 134 Å². The maximum atomic E-state index is 11.9. The fourth-order valence-electron chi connectivity index (χ4n) is 3.11. The van der Waals surface area contributed by atoms with E-state index in [0.717, 1.165) is 0 Å². The Bertz CT molecular complexity index is 746. The molecule has 2 aliphatic rings. The van der Waals surface area contributed by atoms with E-state index < -0.39 is 21.8 Å². The van der Waals surface area contributed by atoms with Crippen molar-refractivity contribution < 1.29 is 22.7 Å². The van der Waals surface area contributed by atoms with Gasteiger partial charge in [0.25, 0.3) is 0 Å². The van der Waals surface area contributed by atoms with Crippen LogP contribution in [-0.2, 0) is 19.4 Å². The average Bonchev–Trinajstić information content (AvgIpc) is 2.80. The number of nitrogens with zero attached hydrogens (tertiary/aromatic N) is 1. The van der Waals surface area contributed by atoms with Gasteiger partial charge in [-0.25, -0.2) is 13.2 Å². The first kappa shape index (κ1) is 15.8. The molecule has 1 aromatic carbocycles. The molecule has 3 rings (SSSR count). The lowest BCUT2D eigenvalue weighted by molar-refractivity contribution is -0.121. The molecular formula is C15H18N2O5S. The lowest BCUT2D eigenvalue weighted by Crippen LogP contribution is -2.60. The molecule has 0 radical (unpaired) electrons. The molecule has 2 aliphatic heterocycles. The Kier molecular flexibility index (Phi) is 4.01. The van der Waals surface area contributed by atoms with Crippen molar-refractivity contribution in [2.24, 2.45) is 0 Å². The molecule has 124 valence electrons. The molecule has 2 heterocycles. The summed E-state index contributed by atoms with van der Waals surface area (Å²) in [6, 6.07) is 6.02. The van der Waals surface area contributed by atoms with Crippen molar-refractivity contribution in [1.29, 1.82) is 0 Å². The van der Waals surface area contributed by atoms with Crippen LogP contribution in [0.3, 0.4) is 0 Å². The van der Waals surface area contributed by atoms with Crippen LogP contribution in [0.25, 0.3) is 0 Å². The smallest absolute Gasteiger partial charge is 0.338 e. The summed E-state index contributed by atoms with van der Waals surface area (Å²) in [6.07, 6.45) is 0. The third kappa shape index (κ3) is 3.17. The Balaban J connectivity index is 1.92. The van der Waals surface area contributed by atoms with Crippen LogP contribution in [-0.4, -0.2) is 57.0 Å². The Morgan fingerprint density at radius 3 is 2.91 bits per heavy atom. The Morgan fingerprint density at radius 2 is 2.17 bits per heavy atom. The maximum absolute atomic E-state index is 11.9. The fraction of sp³-hybridized carbons (Fsp3) is 0.467. The molecule has 2 saturated heterocycles. The van der Waals surface area contributed by atoms with E-state index in [4.69, 9.17) is 4.74 Å². The zero-order valence-electron chi connectivity index (χ0n) is 12.7. The van der Waals surface area contributed by atoms with E-state index in [-0.39, 0.29) is 36.6 Å². The summed E-state index contributed by atoms with van der Waals surface area (Å²) >= 11 is 0. The Morgan fingerprint density at radius 1 is 1.39 bits per heavy atom. The van der Waals surface area contributed by atoms with E-state index >= 15 is 0 Å². The second-order valence-corrected chi connectivity index (χ2v) is 7.87. The van der Waals surface area contributed by atoms with Gasteiger partial charge in [0.05, 0.1) is 42.3 Å². The monoisotopic (exact) mass is 338 g/mol. The zero-order valence-corrected chi connectivity index (χ0v) is 13.5. The number of ether oxygens (including phenoxy) is 1. The van der Waals surface area contributed by atoms with Gasteiger partial charge in [-0.3, -0.25) is 4.79 Å². The number of esters is 1. The van der Waals surface area contributed by atoms with E-state index in [2.05, 4.69) is 5.32 Å². The zero-order chi connectivity index (χ0) is 16.6. The molecule has 23 heavy (non-hydrogen) atoms. The number of carbonyl (C=O) groups excluding carboxylic acids is 2. The average molecular weight is 338 g/mol. The van der Waals surface area contributed by atoms with E-state index in [0.29, 0.717) is 11.3 Å². The molecule has 0 aromatic heterocycles. The topological polar surface area (TPSA) is 92.8 Å². The molecule has 0 saturated carbocycles. The van der Waals surface area contributed by atoms with Crippen LogP contribution in [0.4, 0.5) is 5.69 Å². The van der Waals surface area contributed by atoms with Crippen LogP contribution in [0.15, 0.2) is 24.3 Å². The van der Waals surface area contributed by atoms with E-state index in [9.17, 15) is 18.0 Å². The molecular weight excluding hydrogens is 320 g/mol. The van der Waals surface area contributed by atoms with Crippen LogP contribution in [0.2, 0.25) is 0 Å². The standard InChI is InChI=1S/C15H18N2O5S/c1-2-22-15(19)10-4-3-5-11(6-10)17-7-14(18)16-12-8-23(20,21)9-13(12)17/h3-6,12-13H,2,7-9H2,1H3,(H,16,18)/t12-,13+/m1/s1. The molecule has 0 aliphatic carbocycles. The summed E-state index contributed by atoms with van der Waals surface area (Å²) in [4.78, 5) is 25.5. The molecule has 2 fully saturated rings. The molecule has 0 bridgehead atoms. The number of carbonyl (C=O) groups is 2. The number of piperazine rings is 1. The molecule has 8 heteroatoms. The van der Waals surface area contributed by atoms with Crippen molar-refractivity contribution in [3.63, 3.8) is 0 Å². The van der Waals surface area contributed by atoms with Crippen molar-refractivity contribution in [1.82, 2.24) is 5.32 Å². The summed E-state index contributed by atoms with van der Waals surface area (Å²) in [5.41, 5.74) is 1.03. The van der Waals surface area contributed by atoms with Gasteiger partial charge in [-0.1, -0.05) is 6.07 Å².